The van der Waals surface area contributed by atoms with Gasteiger partial charge in [0.25, 0.3) is 0 Å². The Hall–Kier alpha value is -1.88. The predicted octanol–water partition coefficient (Wildman–Crippen LogP) is 2.12. The highest BCUT2D eigenvalue weighted by Crippen LogP contribution is 2.07. The van der Waals surface area contributed by atoms with E-state index >= 15 is 0 Å². The van der Waals surface area contributed by atoms with Crippen LogP contribution in [0, 0.1) is 0 Å². The summed E-state index contributed by atoms with van der Waals surface area (Å²) in [6, 6.07) is 6.86. The van der Waals surface area contributed by atoms with Gasteiger partial charge in [-0.1, -0.05) is 19.1 Å². The van der Waals surface area contributed by atoms with Crippen LogP contribution in [0.2, 0.25) is 0 Å². The Labute approximate surface area is 112 Å². The summed E-state index contributed by atoms with van der Waals surface area (Å²) in [6.07, 6.45) is 1.55. The molecule has 19 heavy (non-hydrogen) atoms. The van der Waals surface area contributed by atoms with Crippen LogP contribution in [0.5, 0.6) is 0 Å². The van der Waals surface area contributed by atoms with Gasteiger partial charge in [-0.2, -0.15) is 0 Å². The molecule has 0 unspecified atom stereocenters. The maximum absolute atomic E-state index is 10.8. The number of aromatic carboxylic acids is 1. The third kappa shape index (κ3) is 5.52. The van der Waals surface area contributed by atoms with E-state index < -0.39 is 11.9 Å². The van der Waals surface area contributed by atoms with Crippen molar-refractivity contribution in [1.82, 2.24) is 5.32 Å². The molecule has 0 saturated heterocycles. The van der Waals surface area contributed by atoms with Crippen LogP contribution >= 0.6 is 0 Å². The number of benzene rings is 1. The van der Waals surface area contributed by atoms with Crippen LogP contribution in [0.1, 0.15) is 42.1 Å². The molecule has 3 N–H and O–H groups in total. The lowest BCUT2D eigenvalue weighted by Crippen LogP contribution is -2.28. The first-order chi connectivity index (χ1) is 9.02. The van der Waals surface area contributed by atoms with E-state index in [1.807, 2.05) is 13.0 Å². The van der Waals surface area contributed by atoms with Crippen molar-refractivity contribution in [2.75, 3.05) is 0 Å². The molecule has 0 saturated carbocycles. The van der Waals surface area contributed by atoms with Gasteiger partial charge < -0.3 is 15.5 Å². The number of carboxylic acid groups (broad SMARTS) is 2. The Bertz CT molecular complexity index is 445. The maximum atomic E-state index is 10.8. The van der Waals surface area contributed by atoms with Crippen LogP contribution in [0.25, 0.3) is 0 Å². The molecule has 0 radical (unpaired) electrons. The topological polar surface area (TPSA) is 86.6 Å². The first kappa shape index (κ1) is 15.2. The summed E-state index contributed by atoms with van der Waals surface area (Å²) >= 11 is 0. The van der Waals surface area contributed by atoms with Crippen molar-refractivity contribution in [3.63, 3.8) is 0 Å². The van der Waals surface area contributed by atoms with Crippen molar-refractivity contribution in [2.45, 2.75) is 38.8 Å². The van der Waals surface area contributed by atoms with Gasteiger partial charge in [0, 0.05) is 19.0 Å². The zero-order valence-corrected chi connectivity index (χ0v) is 10.9. The van der Waals surface area contributed by atoms with Gasteiger partial charge in [0.05, 0.1) is 5.56 Å². The highest BCUT2D eigenvalue weighted by atomic mass is 16.4. The molecular weight excluding hydrogens is 246 g/mol. The molecule has 1 atom stereocenters. The zero-order valence-electron chi connectivity index (χ0n) is 10.9. The van der Waals surface area contributed by atoms with Crippen molar-refractivity contribution in [3.8, 4) is 0 Å². The molecule has 0 fully saturated rings. The van der Waals surface area contributed by atoms with Gasteiger partial charge in [-0.05, 0) is 30.5 Å². The molecule has 1 aromatic rings. The van der Waals surface area contributed by atoms with E-state index in [1.165, 1.54) is 0 Å². The standard InChI is InChI=1S/C14H19NO4/c1-2-12(6-7-13(16)17)15-9-10-4-3-5-11(8-10)14(18)19/h3-5,8,12,15H,2,6-7,9H2,1H3,(H,16,17)(H,18,19)/t12-/m0/s1. The number of nitrogens with one attached hydrogen (secondary N) is 1. The predicted molar refractivity (Wildman–Crippen MR) is 71.2 cm³/mol. The van der Waals surface area contributed by atoms with Gasteiger partial charge in [0.2, 0.25) is 0 Å². The van der Waals surface area contributed by atoms with Crippen LogP contribution in [0.3, 0.4) is 0 Å². The second-order valence-corrected chi connectivity index (χ2v) is 4.42. The summed E-state index contributed by atoms with van der Waals surface area (Å²) < 4.78 is 0. The summed E-state index contributed by atoms with van der Waals surface area (Å²) in [5.74, 6) is -1.74. The average molecular weight is 265 g/mol. The summed E-state index contributed by atoms with van der Waals surface area (Å²) in [6.45, 7) is 2.53. The average Bonchev–Trinajstić information content (AvgIpc) is 2.39. The van der Waals surface area contributed by atoms with E-state index in [0.29, 0.717) is 13.0 Å². The lowest BCUT2D eigenvalue weighted by molar-refractivity contribution is -0.137. The van der Waals surface area contributed by atoms with Crippen molar-refractivity contribution < 1.29 is 19.8 Å². The molecule has 5 heteroatoms. The molecule has 0 spiro atoms. The Morgan fingerprint density at radius 1 is 1.32 bits per heavy atom. The molecule has 0 bridgehead atoms. The highest BCUT2D eigenvalue weighted by Gasteiger charge is 2.09. The fourth-order valence-electron chi connectivity index (χ4n) is 1.82. The molecule has 1 aromatic carbocycles. The Kier molecular flexibility index (Phi) is 6.02. The van der Waals surface area contributed by atoms with Crippen molar-refractivity contribution in [3.05, 3.63) is 35.4 Å². The molecule has 104 valence electrons. The molecular formula is C14H19NO4. The number of hydrogen-bond donors (Lipinski definition) is 3. The molecule has 1 rings (SSSR count). The van der Waals surface area contributed by atoms with E-state index in [9.17, 15) is 9.59 Å². The summed E-state index contributed by atoms with van der Waals surface area (Å²) in [7, 11) is 0. The summed E-state index contributed by atoms with van der Waals surface area (Å²) in [5, 5.41) is 20.8. The largest absolute Gasteiger partial charge is 0.481 e. The van der Waals surface area contributed by atoms with E-state index in [4.69, 9.17) is 10.2 Å². The Morgan fingerprint density at radius 3 is 2.63 bits per heavy atom. The van der Waals surface area contributed by atoms with E-state index in [1.54, 1.807) is 18.2 Å². The first-order valence-corrected chi connectivity index (χ1v) is 6.30. The van der Waals surface area contributed by atoms with Gasteiger partial charge in [0.1, 0.15) is 0 Å². The smallest absolute Gasteiger partial charge is 0.335 e. The minimum Gasteiger partial charge on any atom is -0.481 e. The van der Waals surface area contributed by atoms with Crippen LogP contribution in [-0.4, -0.2) is 28.2 Å². The fraction of sp³-hybridized carbons (Fsp3) is 0.429. The van der Waals surface area contributed by atoms with Gasteiger partial charge >= 0.3 is 11.9 Å². The molecule has 0 amide bonds. The Balaban J connectivity index is 2.52. The number of rotatable bonds is 8. The SMILES string of the molecule is CC[C@@H](CCC(=O)O)NCc1cccc(C(=O)O)c1. The molecule has 0 aliphatic heterocycles. The molecule has 5 nitrogen and oxygen atoms in total. The molecule has 0 aromatic heterocycles. The Morgan fingerprint density at radius 2 is 2.05 bits per heavy atom. The molecule has 0 aliphatic rings. The van der Waals surface area contributed by atoms with Crippen molar-refractivity contribution >= 4 is 11.9 Å². The molecule has 0 aliphatic carbocycles. The van der Waals surface area contributed by atoms with E-state index in [-0.39, 0.29) is 18.0 Å². The number of carbonyl (C=O) groups is 2. The lowest BCUT2D eigenvalue weighted by Gasteiger charge is -2.16. The number of carboxylic acids is 2. The van der Waals surface area contributed by atoms with E-state index in [0.717, 1.165) is 12.0 Å². The van der Waals surface area contributed by atoms with E-state index in [2.05, 4.69) is 5.32 Å². The second-order valence-electron chi connectivity index (χ2n) is 4.42. The summed E-state index contributed by atoms with van der Waals surface area (Å²) in [5.41, 5.74) is 1.14. The second kappa shape index (κ2) is 7.53. The maximum Gasteiger partial charge on any atom is 0.335 e. The highest BCUT2D eigenvalue weighted by molar-refractivity contribution is 5.87. The van der Waals surface area contributed by atoms with Crippen LogP contribution < -0.4 is 5.32 Å². The minimum atomic E-state index is -0.945. The van der Waals surface area contributed by atoms with Crippen molar-refractivity contribution in [2.24, 2.45) is 0 Å². The fourth-order valence-corrected chi connectivity index (χ4v) is 1.82. The van der Waals surface area contributed by atoms with Gasteiger partial charge in [0.15, 0.2) is 0 Å². The quantitative estimate of drug-likeness (QED) is 0.670. The third-order valence-electron chi connectivity index (χ3n) is 2.97. The van der Waals surface area contributed by atoms with Gasteiger partial charge in [-0.15, -0.1) is 0 Å². The van der Waals surface area contributed by atoms with Gasteiger partial charge in [-0.25, -0.2) is 4.79 Å². The van der Waals surface area contributed by atoms with Crippen LogP contribution in [0.4, 0.5) is 0 Å². The van der Waals surface area contributed by atoms with Crippen molar-refractivity contribution in [1.29, 1.82) is 0 Å². The normalized spacial score (nSPS) is 12.1. The zero-order chi connectivity index (χ0) is 14.3. The number of hydrogen-bond acceptors (Lipinski definition) is 3. The molecule has 0 heterocycles. The third-order valence-corrected chi connectivity index (χ3v) is 2.97. The van der Waals surface area contributed by atoms with Gasteiger partial charge in [-0.3, -0.25) is 4.79 Å². The lowest BCUT2D eigenvalue weighted by atomic mass is 10.1. The monoisotopic (exact) mass is 265 g/mol. The summed E-state index contributed by atoms with van der Waals surface area (Å²) in [4.78, 5) is 21.4. The van der Waals surface area contributed by atoms with Crippen LogP contribution in [-0.2, 0) is 11.3 Å². The minimum absolute atomic E-state index is 0.129. The number of aliphatic carboxylic acids is 1. The first-order valence-electron chi connectivity index (χ1n) is 6.30. The van der Waals surface area contributed by atoms with Crippen LogP contribution in [0.15, 0.2) is 24.3 Å².